The summed E-state index contributed by atoms with van der Waals surface area (Å²) in [4.78, 5) is 17.7. The third-order valence-electron chi connectivity index (χ3n) is 4.36. The van der Waals surface area contributed by atoms with E-state index >= 15 is 0 Å². The number of rotatable bonds is 5. The number of ether oxygens (including phenoxy) is 1. The molecular weight excluding hydrogens is 446 g/mol. The quantitative estimate of drug-likeness (QED) is 0.224. The van der Waals surface area contributed by atoms with Gasteiger partial charge in [0.2, 0.25) is 0 Å². The Morgan fingerprint density at radius 1 is 1.24 bits per heavy atom. The van der Waals surface area contributed by atoms with Gasteiger partial charge in [-0.15, -0.1) is 0 Å². The molecule has 2 aromatic heterocycles. The Labute approximate surface area is 185 Å². The molecule has 0 fully saturated rings. The molecule has 4 aromatic rings. The van der Waals surface area contributed by atoms with Gasteiger partial charge in [-0.3, -0.25) is 13.9 Å². The van der Waals surface area contributed by atoms with Gasteiger partial charge in [0.15, 0.2) is 14.8 Å². The molecule has 2 heterocycles. The van der Waals surface area contributed by atoms with Gasteiger partial charge in [-0.2, -0.15) is 0 Å². The Morgan fingerprint density at radius 3 is 2.72 bits per heavy atom. The third-order valence-corrected chi connectivity index (χ3v) is 7.07. The second-order valence-corrected chi connectivity index (χ2v) is 9.25. The number of aromatic nitrogens is 3. The Bertz CT molecular complexity index is 1310. The monoisotopic (exact) mass is 461 g/mol. The van der Waals surface area contributed by atoms with Crippen LogP contribution in [0.5, 0.6) is 5.75 Å². The van der Waals surface area contributed by atoms with Gasteiger partial charge in [-0.25, -0.2) is 4.98 Å². The van der Waals surface area contributed by atoms with E-state index in [1.165, 1.54) is 23.1 Å². The van der Waals surface area contributed by atoms with Crippen molar-refractivity contribution < 1.29 is 4.74 Å². The Morgan fingerprint density at radius 2 is 2.00 bits per heavy atom. The smallest absolute Gasteiger partial charge is 0.273 e. The normalized spacial score (nSPS) is 11.1. The zero-order valence-corrected chi connectivity index (χ0v) is 18.8. The predicted octanol–water partition coefficient (Wildman–Crippen LogP) is 5.47. The maximum absolute atomic E-state index is 12.9. The molecule has 0 aliphatic heterocycles. The molecule has 9 heteroatoms. The summed E-state index contributed by atoms with van der Waals surface area (Å²) in [6.45, 7) is 0. The molecule has 2 aromatic carbocycles. The summed E-state index contributed by atoms with van der Waals surface area (Å²) in [5, 5.41) is 1.26. The Hall–Kier alpha value is -2.13. The van der Waals surface area contributed by atoms with Gasteiger partial charge >= 0.3 is 0 Å². The van der Waals surface area contributed by atoms with Crippen LogP contribution in [-0.2, 0) is 12.8 Å². The van der Waals surface area contributed by atoms with E-state index in [9.17, 15) is 4.79 Å². The van der Waals surface area contributed by atoms with Crippen molar-refractivity contribution in [1.82, 2.24) is 14.1 Å². The van der Waals surface area contributed by atoms with Crippen LogP contribution in [0.2, 0.25) is 5.02 Å². The molecule has 4 rings (SSSR count). The molecule has 0 atom stereocenters. The molecule has 0 N–H and O–H groups in total. The maximum atomic E-state index is 12.9. The van der Waals surface area contributed by atoms with E-state index in [1.807, 2.05) is 41.0 Å². The summed E-state index contributed by atoms with van der Waals surface area (Å²) < 4.78 is 9.79. The van der Waals surface area contributed by atoms with Crippen LogP contribution >= 0.6 is 46.9 Å². The molecular formula is C20H16ClN3O2S3. The number of halogens is 1. The van der Waals surface area contributed by atoms with Crippen molar-refractivity contribution in [3.8, 4) is 11.4 Å². The van der Waals surface area contributed by atoms with E-state index in [-0.39, 0.29) is 5.56 Å². The number of nitrogens with zero attached hydrogens (tertiary/aromatic N) is 3. The van der Waals surface area contributed by atoms with E-state index in [4.69, 9.17) is 33.5 Å². The van der Waals surface area contributed by atoms with Gasteiger partial charge in [0.1, 0.15) is 10.4 Å². The first-order valence-corrected chi connectivity index (χ1v) is 11.2. The molecule has 5 nitrogen and oxygen atoms in total. The average Bonchev–Trinajstić information content (AvgIpc) is 3.06. The summed E-state index contributed by atoms with van der Waals surface area (Å²) in [5.41, 5.74) is 2.38. The lowest BCUT2D eigenvalue weighted by molar-refractivity contribution is 0.414. The number of methoxy groups -OCH3 is 1. The van der Waals surface area contributed by atoms with Crippen molar-refractivity contribution in [2.75, 3.05) is 7.11 Å². The van der Waals surface area contributed by atoms with Crippen LogP contribution in [0.4, 0.5) is 0 Å². The van der Waals surface area contributed by atoms with Crippen molar-refractivity contribution in [3.63, 3.8) is 0 Å². The number of hydrogen-bond donors (Lipinski definition) is 0. The summed E-state index contributed by atoms with van der Waals surface area (Å²) in [5.74, 6) is 1.46. The van der Waals surface area contributed by atoms with Crippen molar-refractivity contribution in [2.45, 2.75) is 10.9 Å². The molecule has 0 bridgehead atoms. The van der Waals surface area contributed by atoms with E-state index in [1.54, 1.807) is 30.9 Å². The first-order valence-electron chi connectivity index (χ1n) is 8.62. The number of benzene rings is 2. The predicted molar refractivity (Wildman–Crippen MR) is 123 cm³/mol. The van der Waals surface area contributed by atoms with Crippen LogP contribution < -0.4 is 10.3 Å². The maximum Gasteiger partial charge on any atom is 0.273 e. The van der Waals surface area contributed by atoms with Crippen molar-refractivity contribution in [3.05, 3.63) is 73.4 Å². The van der Waals surface area contributed by atoms with Crippen LogP contribution in [0.1, 0.15) is 5.56 Å². The summed E-state index contributed by atoms with van der Waals surface area (Å²) >= 11 is 14.3. The molecule has 0 amide bonds. The molecule has 148 valence electrons. The minimum atomic E-state index is -0.105. The molecule has 0 spiro atoms. The van der Waals surface area contributed by atoms with Gasteiger partial charge in [0, 0.05) is 23.5 Å². The first-order chi connectivity index (χ1) is 14.0. The highest BCUT2D eigenvalue weighted by atomic mass is 35.5. The second kappa shape index (κ2) is 8.31. The highest BCUT2D eigenvalue weighted by Crippen LogP contribution is 2.28. The van der Waals surface area contributed by atoms with Crippen LogP contribution in [0, 0.1) is 3.95 Å². The SMILES string of the molecule is COc1cccc(CSc2nc3c(sc(=S)n3-c3ccc(Cl)cc3)c(=O)n2C)c1. The summed E-state index contributed by atoms with van der Waals surface area (Å²) in [6.07, 6.45) is 0. The zero-order valence-electron chi connectivity index (χ0n) is 15.6. The van der Waals surface area contributed by atoms with E-state index in [0.29, 0.717) is 30.2 Å². The van der Waals surface area contributed by atoms with E-state index in [0.717, 1.165) is 17.0 Å². The van der Waals surface area contributed by atoms with Crippen LogP contribution in [0.15, 0.2) is 58.5 Å². The van der Waals surface area contributed by atoms with E-state index in [2.05, 4.69) is 0 Å². The number of hydrogen-bond acceptors (Lipinski definition) is 6. The molecule has 29 heavy (non-hydrogen) atoms. The fraction of sp³-hybridized carbons (Fsp3) is 0.150. The highest BCUT2D eigenvalue weighted by Gasteiger charge is 2.16. The molecule has 0 unspecified atom stereocenters. The van der Waals surface area contributed by atoms with Gasteiger partial charge in [-0.1, -0.05) is 46.8 Å². The highest BCUT2D eigenvalue weighted by molar-refractivity contribution is 7.98. The summed E-state index contributed by atoms with van der Waals surface area (Å²) in [6, 6.07) is 15.2. The minimum Gasteiger partial charge on any atom is -0.497 e. The van der Waals surface area contributed by atoms with Crippen molar-refractivity contribution in [1.29, 1.82) is 0 Å². The van der Waals surface area contributed by atoms with E-state index < -0.39 is 0 Å². The molecule has 0 saturated carbocycles. The number of fused-ring (bicyclic) bond motifs is 1. The van der Waals surface area contributed by atoms with Crippen molar-refractivity contribution in [2.24, 2.45) is 7.05 Å². The van der Waals surface area contributed by atoms with Crippen LogP contribution in [-0.4, -0.2) is 21.2 Å². The standard InChI is InChI=1S/C20H16ClN3O2S3/c1-23-18(25)16-17(24(20(27)29-16)14-8-6-13(21)7-9-14)22-19(23)28-11-12-4-3-5-15(10-12)26-2/h3-10H,11H2,1-2H3. The summed E-state index contributed by atoms with van der Waals surface area (Å²) in [7, 11) is 3.38. The number of thiazole rings is 1. The second-order valence-electron chi connectivity index (χ2n) is 6.23. The van der Waals surface area contributed by atoms with Crippen LogP contribution in [0.3, 0.4) is 0 Å². The molecule has 0 aliphatic carbocycles. The van der Waals surface area contributed by atoms with Crippen molar-refractivity contribution >= 4 is 57.3 Å². The lowest BCUT2D eigenvalue weighted by Crippen LogP contribution is -2.19. The lowest BCUT2D eigenvalue weighted by Gasteiger charge is -2.09. The topological polar surface area (TPSA) is 49.1 Å². The molecule has 0 saturated heterocycles. The Balaban J connectivity index is 1.78. The van der Waals surface area contributed by atoms with Gasteiger partial charge in [0.25, 0.3) is 5.56 Å². The third kappa shape index (κ3) is 3.98. The first kappa shape index (κ1) is 20.2. The Kier molecular flexibility index (Phi) is 5.78. The van der Waals surface area contributed by atoms with Gasteiger partial charge < -0.3 is 4.74 Å². The minimum absolute atomic E-state index is 0.105. The fourth-order valence-electron chi connectivity index (χ4n) is 2.87. The lowest BCUT2D eigenvalue weighted by atomic mass is 10.2. The number of thioether (sulfide) groups is 1. The fourth-order valence-corrected chi connectivity index (χ4v) is 5.25. The zero-order chi connectivity index (χ0) is 20.5. The van der Waals surface area contributed by atoms with Crippen LogP contribution in [0.25, 0.3) is 16.0 Å². The van der Waals surface area contributed by atoms with Gasteiger partial charge in [0.05, 0.1) is 7.11 Å². The average molecular weight is 462 g/mol. The van der Waals surface area contributed by atoms with Gasteiger partial charge in [-0.05, 0) is 54.2 Å². The largest absolute Gasteiger partial charge is 0.497 e. The molecule has 0 aliphatic rings. The molecule has 0 radical (unpaired) electrons.